The van der Waals surface area contributed by atoms with E-state index in [2.05, 4.69) is 15.3 Å². The summed E-state index contributed by atoms with van der Waals surface area (Å²) >= 11 is 6.11. The smallest absolute Gasteiger partial charge is 0.224 e. The van der Waals surface area contributed by atoms with E-state index < -0.39 is 0 Å². The number of hydrogen-bond acceptors (Lipinski definition) is 5. The molecule has 1 N–H and O–H groups in total. The van der Waals surface area contributed by atoms with Crippen LogP contribution < -0.4 is 14.8 Å². The lowest BCUT2D eigenvalue weighted by Crippen LogP contribution is -2.04. The number of anilines is 1. The van der Waals surface area contributed by atoms with Gasteiger partial charge in [0.2, 0.25) is 5.88 Å². The first-order chi connectivity index (χ1) is 11.8. The summed E-state index contributed by atoms with van der Waals surface area (Å²) in [6, 6.07) is 14.8. The maximum absolute atomic E-state index is 6.11. The number of para-hydroxylation sites is 2. The van der Waals surface area contributed by atoms with Crippen molar-refractivity contribution in [1.29, 1.82) is 0 Å². The van der Waals surface area contributed by atoms with Gasteiger partial charge in [-0.1, -0.05) is 29.8 Å². The number of aromatic nitrogens is 2. The first kappa shape index (κ1) is 16.1. The van der Waals surface area contributed by atoms with Gasteiger partial charge in [0, 0.05) is 24.5 Å². The van der Waals surface area contributed by atoms with Gasteiger partial charge in [0.25, 0.3) is 0 Å². The van der Waals surface area contributed by atoms with E-state index in [9.17, 15) is 0 Å². The average molecular weight is 342 g/mol. The van der Waals surface area contributed by atoms with Crippen molar-refractivity contribution in [2.24, 2.45) is 0 Å². The van der Waals surface area contributed by atoms with E-state index in [1.165, 1.54) is 0 Å². The van der Waals surface area contributed by atoms with Crippen molar-refractivity contribution in [3.8, 4) is 17.4 Å². The first-order valence-corrected chi connectivity index (χ1v) is 7.75. The third-order valence-corrected chi connectivity index (χ3v) is 3.64. The van der Waals surface area contributed by atoms with Gasteiger partial charge in [0.1, 0.15) is 5.82 Å². The van der Waals surface area contributed by atoms with Gasteiger partial charge in [0.15, 0.2) is 11.5 Å². The number of nitrogens with one attached hydrogen (secondary N) is 1. The molecule has 24 heavy (non-hydrogen) atoms. The number of ether oxygens (including phenoxy) is 2. The second kappa shape index (κ2) is 7.66. The normalized spacial score (nSPS) is 10.2. The zero-order chi connectivity index (χ0) is 16.8. The van der Waals surface area contributed by atoms with Crippen LogP contribution in [0.1, 0.15) is 5.56 Å². The topological polar surface area (TPSA) is 56.3 Å². The van der Waals surface area contributed by atoms with Gasteiger partial charge >= 0.3 is 0 Å². The fourth-order valence-electron chi connectivity index (χ4n) is 2.15. The lowest BCUT2D eigenvalue weighted by atomic mass is 10.2. The molecule has 0 atom stereocenters. The number of pyridine rings is 2. The van der Waals surface area contributed by atoms with E-state index in [0.29, 0.717) is 34.8 Å². The van der Waals surface area contributed by atoms with E-state index in [1.807, 2.05) is 36.4 Å². The summed E-state index contributed by atoms with van der Waals surface area (Å²) in [6.07, 6.45) is 3.37. The molecule has 6 heteroatoms. The Morgan fingerprint density at radius 2 is 1.71 bits per heavy atom. The predicted molar refractivity (Wildman–Crippen MR) is 93.9 cm³/mol. The molecular weight excluding hydrogens is 326 g/mol. The molecule has 3 rings (SSSR count). The van der Waals surface area contributed by atoms with E-state index >= 15 is 0 Å². The third-order valence-electron chi connectivity index (χ3n) is 3.33. The van der Waals surface area contributed by atoms with Gasteiger partial charge in [-0.2, -0.15) is 0 Å². The second-order valence-corrected chi connectivity index (χ2v) is 5.32. The van der Waals surface area contributed by atoms with E-state index in [4.69, 9.17) is 21.1 Å². The highest BCUT2D eigenvalue weighted by molar-refractivity contribution is 6.32. The zero-order valence-electron chi connectivity index (χ0n) is 13.1. The van der Waals surface area contributed by atoms with Gasteiger partial charge in [-0.3, -0.25) is 0 Å². The van der Waals surface area contributed by atoms with Crippen LogP contribution in [-0.4, -0.2) is 17.1 Å². The molecule has 0 amide bonds. The molecule has 5 nitrogen and oxygen atoms in total. The maximum Gasteiger partial charge on any atom is 0.224 e. The number of halogens is 1. The highest BCUT2D eigenvalue weighted by Gasteiger charge is 2.10. The van der Waals surface area contributed by atoms with Crippen molar-refractivity contribution in [3.05, 3.63) is 71.5 Å². The van der Waals surface area contributed by atoms with E-state index in [0.717, 1.165) is 5.56 Å². The fraction of sp³-hybridized carbons (Fsp3) is 0.111. The second-order valence-electron chi connectivity index (χ2n) is 4.91. The van der Waals surface area contributed by atoms with Crippen molar-refractivity contribution in [2.75, 3.05) is 12.4 Å². The predicted octanol–water partition coefficient (Wildman–Crippen LogP) is 4.54. The Bertz CT molecular complexity index is 827. The molecule has 1 aromatic carbocycles. The molecule has 2 aromatic heterocycles. The molecule has 122 valence electrons. The van der Waals surface area contributed by atoms with Crippen LogP contribution in [0.2, 0.25) is 5.02 Å². The highest BCUT2D eigenvalue weighted by atomic mass is 35.5. The lowest BCUT2D eigenvalue weighted by molar-refractivity contribution is 0.373. The standard InChI is InChI=1S/C18H16ClN3O2/c1-23-15-8-2-3-9-16(15)24-18-13(6-4-11-21-18)12-22-17-14(19)7-5-10-20-17/h2-11H,12H2,1H3,(H,20,22). The summed E-state index contributed by atoms with van der Waals surface area (Å²) < 4.78 is 11.2. The molecular formula is C18H16ClN3O2. The van der Waals surface area contributed by atoms with Gasteiger partial charge < -0.3 is 14.8 Å². The van der Waals surface area contributed by atoms with Crippen LogP contribution in [0.3, 0.4) is 0 Å². The summed E-state index contributed by atoms with van der Waals surface area (Å²) in [5, 5.41) is 3.75. The number of methoxy groups -OCH3 is 1. The molecule has 0 bridgehead atoms. The summed E-state index contributed by atoms with van der Waals surface area (Å²) in [5.74, 6) is 2.37. The monoisotopic (exact) mass is 341 g/mol. The van der Waals surface area contributed by atoms with Crippen molar-refractivity contribution in [2.45, 2.75) is 6.54 Å². The quantitative estimate of drug-likeness (QED) is 0.713. The Morgan fingerprint density at radius 1 is 0.958 bits per heavy atom. The molecule has 0 saturated heterocycles. The van der Waals surface area contributed by atoms with Crippen LogP contribution in [0.15, 0.2) is 60.9 Å². The van der Waals surface area contributed by atoms with E-state index in [1.54, 1.807) is 31.6 Å². The minimum Gasteiger partial charge on any atom is -0.493 e. The molecule has 0 radical (unpaired) electrons. The average Bonchev–Trinajstić information content (AvgIpc) is 2.62. The molecule has 2 heterocycles. The Hall–Kier alpha value is -2.79. The van der Waals surface area contributed by atoms with Gasteiger partial charge in [-0.05, 0) is 30.3 Å². The summed E-state index contributed by atoms with van der Waals surface area (Å²) in [6.45, 7) is 0.481. The van der Waals surface area contributed by atoms with Gasteiger partial charge in [-0.15, -0.1) is 0 Å². The van der Waals surface area contributed by atoms with E-state index in [-0.39, 0.29) is 0 Å². The lowest BCUT2D eigenvalue weighted by Gasteiger charge is -2.13. The Balaban J connectivity index is 1.79. The van der Waals surface area contributed by atoms with Gasteiger partial charge in [-0.25, -0.2) is 9.97 Å². The molecule has 0 fully saturated rings. The highest BCUT2D eigenvalue weighted by Crippen LogP contribution is 2.31. The molecule has 0 aliphatic carbocycles. The van der Waals surface area contributed by atoms with Crippen LogP contribution in [0.25, 0.3) is 0 Å². The number of rotatable bonds is 6. The van der Waals surface area contributed by atoms with Crippen molar-refractivity contribution < 1.29 is 9.47 Å². The van der Waals surface area contributed by atoms with Crippen molar-refractivity contribution >= 4 is 17.4 Å². The summed E-state index contributed by atoms with van der Waals surface area (Å²) in [7, 11) is 1.60. The fourth-order valence-corrected chi connectivity index (χ4v) is 2.34. The Kier molecular flexibility index (Phi) is 5.13. The maximum atomic E-state index is 6.11. The number of hydrogen-bond donors (Lipinski definition) is 1. The van der Waals surface area contributed by atoms with Crippen LogP contribution in [-0.2, 0) is 6.54 Å². The van der Waals surface area contributed by atoms with Crippen LogP contribution in [0, 0.1) is 0 Å². The Morgan fingerprint density at radius 3 is 2.50 bits per heavy atom. The molecule has 0 unspecified atom stereocenters. The van der Waals surface area contributed by atoms with Crippen molar-refractivity contribution in [3.63, 3.8) is 0 Å². The number of nitrogens with zero attached hydrogens (tertiary/aromatic N) is 2. The SMILES string of the molecule is COc1ccccc1Oc1ncccc1CNc1ncccc1Cl. The molecule has 0 aliphatic rings. The number of benzene rings is 1. The zero-order valence-corrected chi connectivity index (χ0v) is 13.8. The minimum atomic E-state index is 0.481. The van der Waals surface area contributed by atoms with Gasteiger partial charge in [0.05, 0.1) is 12.1 Å². The third kappa shape index (κ3) is 3.75. The molecule has 0 aliphatic heterocycles. The molecule has 0 spiro atoms. The summed E-state index contributed by atoms with van der Waals surface area (Å²) in [5.41, 5.74) is 0.880. The van der Waals surface area contributed by atoms with Crippen molar-refractivity contribution in [1.82, 2.24) is 9.97 Å². The van der Waals surface area contributed by atoms with Crippen LogP contribution in [0.4, 0.5) is 5.82 Å². The Labute approximate surface area is 145 Å². The largest absolute Gasteiger partial charge is 0.493 e. The first-order valence-electron chi connectivity index (χ1n) is 7.37. The minimum absolute atomic E-state index is 0.481. The molecule has 3 aromatic rings. The van der Waals surface area contributed by atoms with Crippen LogP contribution >= 0.6 is 11.6 Å². The van der Waals surface area contributed by atoms with Crippen LogP contribution in [0.5, 0.6) is 17.4 Å². The molecule has 0 saturated carbocycles. The summed E-state index contributed by atoms with van der Waals surface area (Å²) in [4.78, 5) is 8.52.